The molecule has 4 nitrogen and oxygen atoms in total. The third-order valence-electron chi connectivity index (χ3n) is 4.05. The van der Waals surface area contributed by atoms with E-state index in [0.717, 1.165) is 38.5 Å². The highest BCUT2D eigenvalue weighted by Crippen LogP contribution is 2.24. The molecule has 4 heteroatoms. The Morgan fingerprint density at radius 2 is 1.25 bits per heavy atom. The second-order valence-corrected chi connectivity index (χ2v) is 8.51. The smallest absolute Gasteiger partial charge is 0.309 e. The van der Waals surface area contributed by atoms with Gasteiger partial charge in [0.25, 0.3) is 0 Å². The second kappa shape index (κ2) is 13.3. The maximum absolute atomic E-state index is 10.7. The summed E-state index contributed by atoms with van der Waals surface area (Å²) in [6, 6.07) is 0. The Labute approximate surface area is 149 Å². The number of carboxylic acid groups (broad SMARTS) is 2. The zero-order valence-electron chi connectivity index (χ0n) is 16.8. The van der Waals surface area contributed by atoms with Gasteiger partial charge in [0.05, 0.1) is 5.41 Å². The fourth-order valence-electron chi connectivity index (χ4n) is 2.21. The van der Waals surface area contributed by atoms with Crippen molar-refractivity contribution >= 4 is 11.9 Å². The highest BCUT2D eigenvalue weighted by atomic mass is 16.4. The van der Waals surface area contributed by atoms with Crippen LogP contribution in [0, 0.1) is 10.8 Å². The van der Waals surface area contributed by atoms with E-state index in [1.54, 1.807) is 13.8 Å². The van der Waals surface area contributed by atoms with Crippen LogP contribution in [-0.2, 0) is 9.59 Å². The van der Waals surface area contributed by atoms with Crippen LogP contribution in [0.3, 0.4) is 0 Å². The van der Waals surface area contributed by atoms with Crippen molar-refractivity contribution < 1.29 is 19.8 Å². The fraction of sp³-hybridized carbons (Fsp3) is 0.900. The first-order chi connectivity index (χ1) is 10.9. The molecule has 0 unspecified atom stereocenters. The SMILES string of the molecule is CC(C)(C)CCCCCC(=O)O.CCCCCCC(C)(C)C(=O)O. The van der Waals surface area contributed by atoms with E-state index >= 15 is 0 Å². The topological polar surface area (TPSA) is 74.6 Å². The summed E-state index contributed by atoms with van der Waals surface area (Å²) in [5.41, 5.74) is -0.142. The van der Waals surface area contributed by atoms with Gasteiger partial charge in [-0.25, -0.2) is 0 Å². The molecule has 0 fully saturated rings. The number of aliphatic carboxylic acids is 2. The Hall–Kier alpha value is -1.06. The van der Waals surface area contributed by atoms with Gasteiger partial charge >= 0.3 is 11.9 Å². The van der Waals surface area contributed by atoms with Gasteiger partial charge < -0.3 is 10.2 Å². The van der Waals surface area contributed by atoms with Crippen molar-refractivity contribution in [1.82, 2.24) is 0 Å². The molecule has 0 spiro atoms. The van der Waals surface area contributed by atoms with Gasteiger partial charge in [0.1, 0.15) is 0 Å². The standard InChI is InChI=1S/2C10H20O2/c1-10(2,3)8-6-4-5-7-9(11)12;1-4-5-6-7-8-10(2,3)9(11)12/h2*4-8H2,1-3H3,(H,11,12). The van der Waals surface area contributed by atoms with Crippen LogP contribution in [0.5, 0.6) is 0 Å². The predicted octanol–water partition coefficient (Wildman–Crippen LogP) is 6.14. The fourth-order valence-corrected chi connectivity index (χ4v) is 2.21. The summed E-state index contributed by atoms with van der Waals surface area (Å²) in [5.74, 6) is -1.36. The zero-order chi connectivity index (χ0) is 19.2. The van der Waals surface area contributed by atoms with Gasteiger partial charge in [0.2, 0.25) is 0 Å². The molecule has 0 aliphatic heterocycles. The largest absolute Gasteiger partial charge is 0.481 e. The average molecular weight is 345 g/mol. The normalized spacial score (nSPS) is 11.6. The van der Waals surface area contributed by atoms with Gasteiger partial charge in [0.15, 0.2) is 0 Å². The maximum atomic E-state index is 10.7. The summed E-state index contributed by atoms with van der Waals surface area (Å²) >= 11 is 0. The van der Waals surface area contributed by atoms with Crippen LogP contribution in [0.25, 0.3) is 0 Å². The molecule has 0 aromatic rings. The molecular formula is C20H40O4. The molecule has 0 heterocycles. The van der Waals surface area contributed by atoms with Gasteiger partial charge in [-0.15, -0.1) is 0 Å². The van der Waals surface area contributed by atoms with Crippen molar-refractivity contribution in [1.29, 1.82) is 0 Å². The molecule has 0 aliphatic rings. The van der Waals surface area contributed by atoms with E-state index in [0.29, 0.717) is 11.8 Å². The minimum atomic E-state index is -0.681. The minimum Gasteiger partial charge on any atom is -0.481 e. The van der Waals surface area contributed by atoms with E-state index < -0.39 is 17.4 Å². The Morgan fingerprint density at radius 1 is 0.750 bits per heavy atom. The van der Waals surface area contributed by atoms with Crippen LogP contribution < -0.4 is 0 Å². The number of rotatable bonds is 11. The molecule has 144 valence electrons. The Kier molecular flexibility index (Phi) is 13.9. The van der Waals surface area contributed by atoms with Gasteiger partial charge in [-0.1, -0.05) is 66.2 Å². The lowest BCUT2D eigenvalue weighted by Crippen LogP contribution is -2.23. The monoisotopic (exact) mass is 344 g/mol. The third-order valence-corrected chi connectivity index (χ3v) is 4.05. The van der Waals surface area contributed by atoms with Gasteiger partial charge in [-0.2, -0.15) is 0 Å². The number of carboxylic acids is 2. The molecule has 0 aromatic carbocycles. The molecule has 24 heavy (non-hydrogen) atoms. The van der Waals surface area contributed by atoms with Crippen molar-refractivity contribution in [3.63, 3.8) is 0 Å². The van der Waals surface area contributed by atoms with E-state index in [9.17, 15) is 9.59 Å². The highest BCUT2D eigenvalue weighted by molar-refractivity contribution is 5.73. The van der Waals surface area contributed by atoms with Crippen molar-refractivity contribution in [3.05, 3.63) is 0 Å². The number of hydrogen-bond acceptors (Lipinski definition) is 2. The number of hydrogen-bond donors (Lipinski definition) is 2. The van der Waals surface area contributed by atoms with Crippen LogP contribution in [0.4, 0.5) is 0 Å². The zero-order valence-corrected chi connectivity index (χ0v) is 16.8. The second-order valence-electron chi connectivity index (χ2n) is 8.51. The molecule has 0 bridgehead atoms. The Morgan fingerprint density at radius 3 is 1.67 bits per heavy atom. The van der Waals surface area contributed by atoms with Gasteiger partial charge in [-0.05, 0) is 38.5 Å². The first kappa shape index (κ1) is 25.2. The molecule has 2 N–H and O–H groups in total. The lowest BCUT2D eigenvalue weighted by Gasteiger charge is -2.18. The summed E-state index contributed by atoms with van der Waals surface area (Å²) in [7, 11) is 0. The van der Waals surface area contributed by atoms with Crippen molar-refractivity contribution in [2.45, 2.75) is 106 Å². The maximum Gasteiger partial charge on any atom is 0.309 e. The molecule has 0 saturated carbocycles. The summed E-state index contributed by atoms with van der Waals surface area (Å²) in [5, 5.41) is 17.2. The number of unbranched alkanes of at least 4 members (excludes halogenated alkanes) is 5. The molecule has 0 radical (unpaired) electrons. The lowest BCUT2D eigenvalue weighted by atomic mass is 9.87. The molecule has 0 aromatic heterocycles. The van der Waals surface area contributed by atoms with Crippen LogP contribution in [0.2, 0.25) is 0 Å². The first-order valence-corrected chi connectivity index (χ1v) is 9.37. The molecule has 0 amide bonds. The average Bonchev–Trinajstić information content (AvgIpc) is 2.42. The third kappa shape index (κ3) is 19.0. The van der Waals surface area contributed by atoms with Crippen molar-refractivity contribution in [2.24, 2.45) is 10.8 Å². The van der Waals surface area contributed by atoms with Crippen molar-refractivity contribution in [2.75, 3.05) is 0 Å². The van der Waals surface area contributed by atoms with Crippen LogP contribution in [0.1, 0.15) is 106 Å². The summed E-state index contributed by atoms with van der Waals surface area (Å²) in [6.07, 6.45) is 9.94. The lowest BCUT2D eigenvalue weighted by molar-refractivity contribution is -0.147. The van der Waals surface area contributed by atoms with E-state index in [1.807, 2.05) is 0 Å². The van der Waals surface area contributed by atoms with Crippen LogP contribution in [-0.4, -0.2) is 22.2 Å². The molecular weight excluding hydrogens is 304 g/mol. The Balaban J connectivity index is 0. The summed E-state index contributed by atoms with van der Waals surface area (Å²) in [6.45, 7) is 12.4. The molecule has 0 atom stereocenters. The first-order valence-electron chi connectivity index (χ1n) is 9.37. The van der Waals surface area contributed by atoms with E-state index in [-0.39, 0.29) is 0 Å². The van der Waals surface area contributed by atoms with E-state index in [2.05, 4.69) is 27.7 Å². The van der Waals surface area contributed by atoms with Crippen molar-refractivity contribution in [3.8, 4) is 0 Å². The van der Waals surface area contributed by atoms with E-state index in [1.165, 1.54) is 19.3 Å². The van der Waals surface area contributed by atoms with Crippen LogP contribution >= 0.6 is 0 Å². The molecule has 0 rings (SSSR count). The number of carbonyl (C=O) groups is 2. The summed E-state index contributed by atoms with van der Waals surface area (Å²) < 4.78 is 0. The summed E-state index contributed by atoms with van der Waals surface area (Å²) in [4.78, 5) is 20.8. The van der Waals surface area contributed by atoms with E-state index in [4.69, 9.17) is 10.2 Å². The van der Waals surface area contributed by atoms with Gasteiger partial charge in [0, 0.05) is 6.42 Å². The molecule has 0 aliphatic carbocycles. The van der Waals surface area contributed by atoms with Gasteiger partial charge in [-0.3, -0.25) is 9.59 Å². The minimum absolute atomic E-state index is 0.324. The molecule has 0 saturated heterocycles. The Bertz CT molecular complexity index is 340. The highest BCUT2D eigenvalue weighted by Gasteiger charge is 2.25. The van der Waals surface area contributed by atoms with Crippen LogP contribution in [0.15, 0.2) is 0 Å². The predicted molar refractivity (Wildman–Crippen MR) is 100 cm³/mol. The quantitative estimate of drug-likeness (QED) is 0.442.